The maximum absolute atomic E-state index is 12.3. The van der Waals surface area contributed by atoms with E-state index in [0.29, 0.717) is 11.1 Å². The summed E-state index contributed by atoms with van der Waals surface area (Å²) in [7, 11) is 1.54. The number of rotatable bonds is 4. The molecule has 0 saturated heterocycles. The van der Waals surface area contributed by atoms with Gasteiger partial charge in [0.15, 0.2) is 0 Å². The summed E-state index contributed by atoms with van der Waals surface area (Å²) in [6, 6.07) is 5.19. The van der Waals surface area contributed by atoms with Gasteiger partial charge in [-0.05, 0) is 37.6 Å². The number of carbonyl (C=O) groups excluding carboxylic acids is 2. The third-order valence-electron chi connectivity index (χ3n) is 2.65. The lowest BCUT2D eigenvalue weighted by atomic mass is 10.1. The lowest BCUT2D eigenvalue weighted by Crippen LogP contribution is -2.33. The predicted molar refractivity (Wildman–Crippen MR) is 78.7 cm³/mol. The van der Waals surface area contributed by atoms with Crippen molar-refractivity contribution in [3.05, 3.63) is 34.9 Å². The zero-order valence-corrected chi connectivity index (χ0v) is 12.5. The van der Waals surface area contributed by atoms with E-state index < -0.39 is 5.97 Å². The molecule has 0 bridgehead atoms. The Morgan fingerprint density at radius 2 is 2.05 bits per heavy atom. The smallest absolute Gasteiger partial charge is 0.325 e. The molecule has 0 atom stereocenters. The van der Waals surface area contributed by atoms with E-state index in [1.165, 1.54) is 4.90 Å². The Morgan fingerprint density at radius 1 is 1.33 bits per heavy atom. The number of aryl methyl sites for hydroxylation is 1. The first-order valence-electron chi connectivity index (χ1n) is 6.60. The highest BCUT2D eigenvalue weighted by Crippen LogP contribution is 2.11. The molecule has 1 N–H and O–H groups in total. The van der Waals surface area contributed by atoms with Gasteiger partial charge in [-0.15, -0.1) is 0 Å². The standard InChI is InChI=1S/C16H19NO4/c1-4-21-15(19)11-17(3)16(20)14-9-12(2)8-13(10-14)6-5-7-18/h8-10,18H,4,7,11H2,1-3H3. The molecule has 1 aromatic carbocycles. The van der Waals surface area contributed by atoms with Crippen LogP contribution >= 0.6 is 0 Å². The molecule has 1 rings (SSSR count). The number of benzene rings is 1. The van der Waals surface area contributed by atoms with Crippen molar-refractivity contribution in [3.63, 3.8) is 0 Å². The number of carbonyl (C=O) groups is 2. The average molecular weight is 289 g/mol. The van der Waals surface area contributed by atoms with E-state index in [1.807, 2.05) is 13.0 Å². The van der Waals surface area contributed by atoms with Crippen molar-refractivity contribution in [2.75, 3.05) is 26.8 Å². The number of aliphatic hydroxyl groups is 1. The molecule has 0 heterocycles. The number of ether oxygens (including phenoxy) is 1. The summed E-state index contributed by atoms with van der Waals surface area (Å²) >= 11 is 0. The summed E-state index contributed by atoms with van der Waals surface area (Å²) < 4.78 is 4.82. The molecule has 0 aliphatic heterocycles. The predicted octanol–water partition coefficient (Wildman–Crippen LogP) is 0.974. The molecule has 1 aromatic rings. The SMILES string of the molecule is CCOC(=O)CN(C)C(=O)c1cc(C)cc(C#CCO)c1. The number of amides is 1. The van der Waals surface area contributed by atoms with Crippen molar-refractivity contribution in [2.45, 2.75) is 13.8 Å². The third-order valence-corrected chi connectivity index (χ3v) is 2.65. The van der Waals surface area contributed by atoms with Crippen LogP contribution in [0.2, 0.25) is 0 Å². The maximum Gasteiger partial charge on any atom is 0.325 e. The van der Waals surface area contributed by atoms with Gasteiger partial charge in [0.1, 0.15) is 13.2 Å². The summed E-state index contributed by atoms with van der Waals surface area (Å²) in [5.41, 5.74) is 1.98. The molecule has 0 aliphatic rings. The van der Waals surface area contributed by atoms with Crippen molar-refractivity contribution < 1.29 is 19.4 Å². The Labute approximate surface area is 124 Å². The number of hydrogen-bond acceptors (Lipinski definition) is 4. The van der Waals surface area contributed by atoms with E-state index in [1.54, 1.807) is 26.1 Å². The van der Waals surface area contributed by atoms with Crippen LogP contribution in [0.15, 0.2) is 18.2 Å². The molecule has 5 nitrogen and oxygen atoms in total. The quantitative estimate of drug-likeness (QED) is 0.662. The van der Waals surface area contributed by atoms with Gasteiger partial charge in [0.2, 0.25) is 0 Å². The van der Waals surface area contributed by atoms with Crippen molar-refractivity contribution in [1.82, 2.24) is 4.90 Å². The molecular formula is C16H19NO4. The molecule has 0 aromatic heterocycles. The topological polar surface area (TPSA) is 66.8 Å². The van der Waals surface area contributed by atoms with Gasteiger partial charge in [-0.3, -0.25) is 9.59 Å². The van der Waals surface area contributed by atoms with Gasteiger partial charge in [0.05, 0.1) is 6.61 Å². The Kier molecular flexibility index (Phi) is 6.44. The summed E-state index contributed by atoms with van der Waals surface area (Å²) in [5.74, 6) is 4.59. The number of likely N-dealkylation sites (N-methyl/N-ethyl adjacent to an activating group) is 1. The summed E-state index contributed by atoms with van der Waals surface area (Å²) in [6.45, 7) is 3.52. The summed E-state index contributed by atoms with van der Waals surface area (Å²) in [5, 5.41) is 8.71. The molecule has 21 heavy (non-hydrogen) atoms. The van der Waals surface area contributed by atoms with Crippen molar-refractivity contribution in [3.8, 4) is 11.8 Å². The largest absolute Gasteiger partial charge is 0.465 e. The molecule has 5 heteroatoms. The molecule has 0 spiro atoms. The summed E-state index contributed by atoms with van der Waals surface area (Å²) in [6.07, 6.45) is 0. The zero-order chi connectivity index (χ0) is 15.8. The fourth-order valence-corrected chi connectivity index (χ4v) is 1.81. The van der Waals surface area contributed by atoms with Gasteiger partial charge in [-0.25, -0.2) is 0 Å². The first-order valence-corrected chi connectivity index (χ1v) is 6.60. The van der Waals surface area contributed by atoms with Gasteiger partial charge in [-0.1, -0.05) is 11.8 Å². The van der Waals surface area contributed by atoms with Crippen molar-refractivity contribution >= 4 is 11.9 Å². The fraction of sp³-hybridized carbons (Fsp3) is 0.375. The highest BCUT2D eigenvalue weighted by molar-refractivity contribution is 5.96. The van der Waals surface area contributed by atoms with Gasteiger partial charge < -0.3 is 14.7 Å². The monoisotopic (exact) mass is 289 g/mol. The molecule has 0 unspecified atom stereocenters. The highest BCUT2D eigenvalue weighted by atomic mass is 16.5. The Hall–Kier alpha value is -2.32. The normalized spacial score (nSPS) is 9.52. The van der Waals surface area contributed by atoms with Crippen LogP contribution in [0.1, 0.15) is 28.4 Å². The van der Waals surface area contributed by atoms with E-state index in [9.17, 15) is 9.59 Å². The molecule has 112 valence electrons. The van der Waals surface area contributed by atoms with Gasteiger partial charge in [-0.2, -0.15) is 0 Å². The first kappa shape index (κ1) is 16.7. The Balaban J connectivity index is 2.91. The first-order chi connectivity index (χ1) is 9.97. The third kappa shape index (κ3) is 5.28. The van der Waals surface area contributed by atoms with Crippen LogP contribution in [0.4, 0.5) is 0 Å². The molecule has 0 radical (unpaired) electrons. The van der Waals surface area contributed by atoms with Crippen molar-refractivity contribution in [1.29, 1.82) is 0 Å². The summed E-state index contributed by atoms with van der Waals surface area (Å²) in [4.78, 5) is 25.0. The van der Waals surface area contributed by atoms with E-state index in [-0.39, 0.29) is 25.7 Å². The number of hydrogen-bond donors (Lipinski definition) is 1. The molecule has 1 amide bonds. The number of nitrogens with zero attached hydrogens (tertiary/aromatic N) is 1. The van der Waals surface area contributed by atoms with Gasteiger partial charge >= 0.3 is 5.97 Å². The van der Waals surface area contributed by atoms with E-state index >= 15 is 0 Å². The van der Waals surface area contributed by atoms with Crippen LogP contribution < -0.4 is 0 Å². The van der Waals surface area contributed by atoms with Crippen LogP contribution in [-0.2, 0) is 9.53 Å². The minimum absolute atomic E-state index is 0.0989. The van der Waals surface area contributed by atoms with Crippen LogP contribution in [0.3, 0.4) is 0 Å². The lowest BCUT2D eigenvalue weighted by molar-refractivity contribution is -0.143. The second-order valence-corrected chi connectivity index (χ2v) is 4.51. The molecule has 0 saturated carbocycles. The van der Waals surface area contributed by atoms with Gasteiger partial charge in [0.25, 0.3) is 5.91 Å². The average Bonchev–Trinajstić information content (AvgIpc) is 2.43. The van der Waals surface area contributed by atoms with Crippen LogP contribution in [0.5, 0.6) is 0 Å². The van der Waals surface area contributed by atoms with Crippen LogP contribution in [0.25, 0.3) is 0 Å². The second kappa shape index (κ2) is 8.08. The van der Waals surface area contributed by atoms with E-state index in [2.05, 4.69) is 11.8 Å². The number of aliphatic hydroxyl groups excluding tert-OH is 1. The minimum atomic E-state index is -0.443. The van der Waals surface area contributed by atoms with E-state index in [4.69, 9.17) is 9.84 Å². The van der Waals surface area contributed by atoms with Gasteiger partial charge in [0, 0.05) is 18.2 Å². The van der Waals surface area contributed by atoms with E-state index in [0.717, 1.165) is 5.56 Å². The fourth-order valence-electron chi connectivity index (χ4n) is 1.81. The van der Waals surface area contributed by atoms with Crippen LogP contribution in [0, 0.1) is 18.8 Å². The maximum atomic E-state index is 12.3. The molecular weight excluding hydrogens is 270 g/mol. The minimum Gasteiger partial charge on any atom is -0.465 e. The Bertz CT molecular complexity index is 584. The number of esters is 1. The molecule has 0 fully saturated rings. The second-order valence-electron chi connectivity index (χ2n) is 4.51. The van der Waals surface area contributed by atoms with Crippen molar-refractivity contribution in [2.24, 2.45) is 0 Å². The Morgan fingerprint density at radius 3 is 2.67 bits per heavy atom. The zero-order valence-electron chi connectivity index (χ0n) is 12.5. The highest BCUT2D eigenvalue weighted by Gasteiger charge is 2.16. The molecule has 0 aliphatic carbocycles. The lowest BCUT2D eigenvalue weighted by Gasteiger charge is -2.16. The van der Waals surface area contributed by atoms with Crippen LogP contribution in [-0.4, -0.2) is 48.7 Å².